The van der Waals surface area contributed by atoms with Crippen LogP contribution in [0.1, 0.15) is 16.8 Å². The standard InChI is InChI=1S/C20H20N4O/c25-20(24-14-5-2-1-3-6-14)17-8-9-18(23-15-10-12-21-13-15)16-7-4-11-22-19(16)17/h1-9,11,15,21,23H,10,12-13H2,(H,24,25)/t15-/m0/s1. The van der Waals surface area contributed by atoms with Crippen LogP contribution < -0.4 is 16.0 Å². The van der Waals surface area contributed by atoms with Gasteiger partial charge in [-0.15, -0.1) is 0 Å². The molecule has 3 N–H and O–H groups in total. The summed E-state index contributed by atoms with van der Waals surface area (Å²) >= 11 is 0. The zero-order valence-electron chi connectivity index (χ0n) is 13.8. The summed E-state index contributed by atoms with van der Waals surface area (Å²) in [6.07, 6.45) is 2.82. The molecule has 0 saturated carbocycles. The van der Waals surface area contributed by atoms with Crippen LogP contribution in [0.25, 0.3) is 10.9 Å². The van der Waals surface area contributed by atoms with Crippen molar-refractivity contribution in [2.75, 3.05) is 23.7 Å². The van der Waals surface area contributed by atoms with Gasteiger partial charge in [-0.3, -0.25) is 9.78 Å². The van der Waals surface area contributed by atoms with Crippen LogP contribution in [0.15, 0.2) is 60.8 Å². The lowest BCUT2D eigenvalue weighted by Crippen LogP contribution is -2.22. The van der Waals surface area contributed by atoms with E-state index in [0.29, 0.717) is 17.1 Å². The van der Waals surface area contributed by atoms with Crippen LogP contribution >= 0.6 is 0 Å². The summed E-state index contributed by atoms with van der Waals surface area (Å²) in [5.41, 5.74) is 3.09. The Morgan fingerprint density at radius 3 is 2.76 bits per heavy atom. The molecule has 3 aromatic rings. The average molecular weight is 332 g/mol. The van der Waals surface area contributed by atoms with Crippen LogP contribution in [0.5, 0.6) is 0 Å². The van der Waals surface area contributed by atoms with Crippen LogP contribution in [-0.2, 0) is 0 Å². The minimum Gasteiger partial charge on any atom is -0.380 e. The normalized spacial score (nSPS) is 16.7. The van der Waals surface area contributed by atoms with Crippen molar-refractivity contribution in [1.82, 2.24) is 10.3 Å². The molecule has 1 aromatic heterocycles. The monoisotopic (exact) mass is 332 g/mol. The molecule has 2 aromatic carbocycles. The van der Waals surface area contributed by atoms with Crippen LogP contribution in [0, 0.1) is 0 Å². The average Bonchev–Trinajstić information content (AvgIpc) is 3.16. The van der Waals surface area contributed by atoms with Gasteiger partial charge < -0.3 is 16.0 Å². The lowest BCUT2D eigenvalue weighted by molar-refractivity contribution is 0.102. The van der Waals surface area contributed by atoms with E-state index >= 15 is 0 Å². The zero-order valence-corrected chi connectivity index (χ0v) is 13.8. The first-order valence-corrected chi connectivity index (χ1v) is 8.52. The Balaban J connectivity index is 1.67. The number of hydrogen-bond donors (Lipinski definition) is 3. The molecule has 1 saturated heterocycles. The third-order valence-electron chi connectivity index (χ3n) is 4.47. The predicted molar refractivity (Wildman–Crippen MR) is 101 cm³/mol. The number of anilines is 2. The summed E-state index contributed by atoms with van der Waals surface area (Å²) < 4.78 is 0. The summed E-state index contributed by atoms with van der Waals surface area (Å²) in [5.74, 6) is -0.149. The Kier molecular flexibility index (Phi) is 4.31. The molecule has 5 nitrogen and oxygen atoms in total. The summed E-state index contributed by atoms with van der Waals surface area (Å²) in [4.78, 5) is 17.2. The van der Waals surface area contributed by atoms with Gasteiger partial charge >= 0.3 is 0 Å². The fourth-order valence-corrected chi connectivity index (χ4v) is 3.20. The van der Waals surface area contributed by atoms with E-state index in [0.717, 1.165) is 36.3 Å². The highest BCUT2D eigenvalue weighted by Crippen LogP contribution is 2.27. The van der Waals surface area contributed by atoms with Crippen LogP contribution in [0.2, 0.25) is 0 Å². The molecule has 0 radical (unpaired) electrons. The first-order chi connectivity index (χ1) is 12.3. The number of rotatable bonds is 4. The SMILES string of the molecule is O=C(Nc1ccccc1)c1ccc(N[C@H]2CCNC2)c2cccnc12. The maximum absolute atomic E-state index is 12.7. The molecule has 5 heteroatoms. The number of pyridine rings is 1. The quantitative estimate of drug-likeness (QED) is 0.686. The highest BCUT2D eigenvalue weighted by molar-refractivity contribution is 6.13. The summed E-state index contributed by atoms with van der Waals surface area (Å²) in [5, 5.41) is 10.8. The van der Waals surface area contributed by atoms with Crippen molar-refractivity contribution in [1.29, 1.82) is 0 Å². The summed E-state index contributed by atoms with van der Waals surface area (Å²) in [6.45, 7) is 1.99. The second kappa shape index (κ2) is 6.91. The van der Waals surface area contributed by atoms with Crippen LogP contribution in [0.4, 0.5) is 11.4 Å². The minimum absolute atomic E-state index is 0.149. The maximum Gasteiger partial charge on any atom is 0.257 e. The number of nitrogens with one attached hydrogen (secondary N) is 3. The van der Waals surface area contributed by atoms with E-state index in [4.69, 9.17) is 0 Å². The van der Waals surface area contributed by atoms with E-state index in [1.165, 1.54) is 0 Å². The molecule has 0 bridgehead atoms. The number of nitrogens with zero attached hydrogens (tertiary/aromatic N) is 1. The third kappa shape index (κ3) is 3.32. The molecule has 1 fully saturated rings. The van der Waals surface area contributed by atoms with E-state index in [-0.39, 0.29) is 5.91 Å². The molecule has 4 rings (SSSR count). The Hall–Kier alpha value is -2.92. The number of benzene rings is 2. The molecule has 1 aliphatic rings. The van der Waals surface area contributed by atoms with Gasteiger partial charge in [-0.25, -0.2) is 0 Å². The number of carbonyl (C=O) groups is 1. The molecule has 1 atom stereocenters. The van der Waals surface area contributed by atoms with Gasteiger partial charge in [-0.2, -0.15) is 0 Å². The van der Waals surface area contributed by atoms with Gasteiger partial charge in [0.2, 0.25) is 0 Å². The largest absolute Gasteiger partial charge is 0.380 e. The number of fused-ring (bicyclic) bond motifs is 1. The fourth-order valence-electron chi connectivity index (χ4n) is 3.20. The van der Waals surface area contributed by atoms with Crippen molar-refractivity contribution >= 4 is 28.2 Å². The van der Waals surface area contributed by atoms with Gasteiger partial charge in [-0.1, -0.05) is 18.2 Å². The second-order valence-electron chi connectivity index (χ2n) is 6.21. The van der Waals surface area contributed by atoms with Gasteiger partial charge in [-0.05, 0) is 49.4 Å². The first-order valence-electron chi connectivity index (χ1n) is 8.52. The molecule has 0 aliphatic carbocycles. The molecule has 126 valence electrons. The number of hydrogen-bond acceptors (Lipinski definition) is 4. The Morgan fingerprint density at radius 1 is 1.08 bits per heavy atom. The van der Waals surface area contributed by atoms with E-state index in [2.05, 4.69) is 20.9 Å². The zero-order chi connectivity index (χ0) is 17.1. The maximum atomic E-state index is 12.7. The van der Waals surface area contributed by atoms with Gasteiger partial charge in [0, 0.05) is 35.5 Å². The van der Waals surface area contributed by atoms with E-state index in [1.807, 2.05) is 54.6 Å². The van der Waals surface area contributed by atoms with E-state index < -0.39 is 0 Å². The van der Waals surface area contributed by atoms with Gasteiger partial charge in [0.25, 0.3) is 5.91 Å². The number of para-hydroxylation sites is 1. The van der Waals surface area contributed by atoms with Crippen LogP contribution in [-0.4, -0.2) is 30.0 Å². The Labute approximate surface area is 146 Å². The number of carbonyl (C=O) groups excluding carboxylic acids is 1. The third-order valence-corrected chi connectivity index (χ3v) is 4.47. The van der Waals surface area contributed by atoms with Crippen molar-refractivity contribution in [2.24, 2.45) is 0 Å². The Bertz CT molecular complexity index is 889. The fraction of sp³-hybridized carbons (Fsp3) is 0.200. The van der Waals surface area contributed by atoms with E-state index in [9.17, 15) is 4.79 Å². The van der Waals surface area contributed by atoms with Crippen LogP contribution in [0.3, 0.4) is 0 Å². The molecule has 1 amide bonds. The first kappa shape index (κ1) is 15.6. The number of aromatic nitrogens is 1. The molecule has 0 spiro atoms. The lowest BCUT2D eigenvalue weighted by atomic mass is 10.1. The smallest absolute Gasteiger partial charge is 0.257 e. The van der Waals surface area contributed by atoms with Crippen molar-refractivity contribution < 1.29 is 4.79 Å². The predicted octanol–water partition coefficient (Wildman–Crippen LogP) is 3.26. The van der Waals surface area contributed by atoms with Gasteiger partial charge in [0.05, 0.1) is 11.1 Å². The van der Waals surface area contributed by atoms with Gasteiger partial charge in [0.1, 0.15) is 0 Å². The Morgan fingerprint density at radius 2 is 1.96 bits per heavy atom. The summed E-state index contributed by atoms with van der Waals surface area (Å²) in [6, 6.07) is 17.6. The topological polar surface area (TPSA) is 66.1 Å². The summed E-state index contributed by atoms with van der Waals surface area (Å²) in [7, 11) is 0. The number of amides is 1. The van der Waals surface area contributed by atoms with Crippen molar-refractivity contribution in [2.45, 2.75) is 12.5 Å². The molecule has 2 heterocycles. The molecular formula is C20H20N4O. The molecular weight excluding hydrogens is 312 g/mol. The van der Waals surface area contributed by atoms with Crippen molar-refractivity contribution in [3.63, 3.8) is 0 Å². The molecule has 0 unspecified atom stereocenters. The lowest BCUT2D eigenvalue weighted by Gasteiger charge is -2.16. The highest BCUT2D eigenvalue weighted by Gasteiger charge is 2.18. The minimum atomic E-state index is -0.149. The second-order valence-corrected chi connectivity index (χ2v) is 6.21. The van der Waals surface area contributed by atoms with E-state index in [1.54, 1.807) is 6.20 Å². The van der Waals surface area contributed by atoms with Crippen molar-refractivity contribution in [3.05, 3.63) is 66.4 Å². The highest BCUT2D eigenvalue weighted by atomic mass is 16.1. The van der Waals surface area contributed by atoms with Crippen molar-refractivity contribution in [3.8, 4) is 0 Å². The van der Waals surface area contributed by atoms with Gasteiger partial charge in [0.15, 0.2) is 0 Å². The molecule has 1 aliphatic heterocycles. The molecule has 25 heavy (non-hydrogen) atoms.